The van der Waals surface area contributed by atoms with E-state index in [4.69, 9.17) is 16.3 Å². The third kappa shape index (κ3) is 3.99. The summed E-state index contributed by atoms with van der Waals surface area (Å²) in [4.78, 5) is 26.3. The SMILES string of the molecule is O=C1OC(/C=C/c2cccc([N+](=O)[O-])c2)=NC/1=C\c1ccccc1Cl. The van der Waals surface area contributed by atoms with Gasteiger partial charge in [-0.1, -0.05) is 41.9 Å². The van der Waals surface area contributed by atoms with Gasteiger partial charge in [0.15, 0.2) is 5.70 Å². The Labute approximate surface area is 147 Å². The number of aliphatic imine (C=N–C) groups is 1. The molecule has 7 heteroatoms. The predicted octanol–water partition coefficient (Wildman–Crippen LogP) is 4.26. The maximum Gasteiger partial charge on any atom is 0.363 e. The van der Waals surface area contributed by atoms with Crippen LogP contribution in [-0.2, 0) is 9.53 Å². The lowest BCUT2D eigenvalue weighted by atomic mass is 10.2. The van der Waals surface area contributed by atoms with E-state index in [2.05, 4.69) is 4.99 Å². The van der Waals surface area contributed by atoms with Crippen LogP contribution in [0.2, 0.25) is 5.02 Å². The first kappa shape index (κ1) is 16.6. The summed E-state index contributed by atoms with van der Waals surface area (Å²) in [5.41, 5.74) is 1.36. The Morgan fingerprint density at radius 3 is 2.68 bits per heavy atom. The van der Waals surface area contributed by atoms with Crippen molar-refractivity contribution in [3.63, 3.8) is 0 Å². The van der Waals surface area contributed by atoms with E-state index in [1.165, 1.54) is 18.2 Å². The number of halogens is 1. The highest BCUT2D eigenvalue weighted by molar-refractivity contribution is 6.32. The molecule has 3 rings (SSSR count). The number of non-ortho nitro benzene ring substituents is 1. The van der Waals surface area contributed by atoms with Gasteiger partial charge in [0.1, 0.15) is 0 Å². The van der Waals surface area contributed by atoms with Crippen LogP contribution in [0.25, 0.3) is 12.2 Å². The van der Waals surface area contributed by atoms with Crippen molar-refractivity contribution in [3.8, 4) is 0 Å². The van der Waals surface area contributed by atoms with Crippen LogP contribution in [0, 0.1) is 10.1 Å². The van der Waals surface area contributed by atoms with Crippen molar-refractivity contribution >= 4 is 41.3 Å². The fourth-order valence-corrected chi connectivity index (χ4v) is 2.34. The van der Waals surface area contributed by atoms with Crippen LogP contribution in [0.5, 0.6) is 0 Å². The van der Waals surface area contributed by atoms with Crippen molar-refractivity contribution in [1.82, 2.24) is 0 Å². The Morgan fingerprint density at radius 2 is 1.92 bits per heavy atom. The normalized spacial score (nSPS) is 15.5. The van der Waals surface area contributed by atoms with Gasteiger partial charge in [-0.2, -0.15) is 0 Å². The minimum Gasteiger partial charge on any atom is -0.403 e. The number of hydrogen-bond donors (Lipinski definition) is 0. The molecule has 0 radical (unpaired) electrons. The third-order valence-corrected chi connectivity index (χ3v) is 3.68. The van der Waals surface area contributed by atoms with E-state index in [9.17, 15) is 14.9 Å². The van der Waals surface area contributed by atoms with Crippen LogP contribution < -0.4 is 0 Å². The summed E-state index contributed by atoms with van der Waals surface area (Å²) in [6, 6.07) is 13.1. The minimum absolute atomic E-state index is 0.0215. The maximum atomic E-state index is 11.9. The van der Waals surface area contributed by atoms with Gasteiger partial charge in [-0.15, -0.1) is 0 Å². The van der Waals surface area contributed by atoms with Crippen LogP contribution in [0.15, 0.2) is 65.3 Å². The van der Waals surface area contributed by atoms with E-state index in [0.29, 0.717) is 16.1 Å². The topological polar surface area (TPSA) is 81.8 Å². The van der Waals surface area contributed by atoms with Gasteiger partial charge in [0, 0.05) is 23.2 Å². The van der Waals surface area contributed by atoms with Gasteiger partial charge in [0.25, 0.3) is 5.69 Å². The summed E-state index contributed by atoms with van der Waals surface area (Å²) in [6.07, 6.45) is 4.60. The van der Waals surface area contributed by atoms with Gasteiger partial charge in [-0.05, 0) is 29.3 Å². The van der Waals surface area contributed by atoms with E-state index in [0.717, 1.165) is 0 Å². The minimum atomic E-state index is -0.585. The van der Waals surface area contributed by atoms with Gasteiger partial charge >= 0.3 is 5.97 Å². The number of hydrogen-bond acceptors (Lipinski definition) is 5. The van der Waals surface area contributed by atoms with Crippen molar-refractivity contribution < 1.29 is 14.5 Å². The van der Waals surface area contributed by atoms with Crippen LogP contribution in [0.4, 0.5) is 5.69 Å². The zero-order valence-corrected chi connectivity index (χ0v) is 13.5. The molecule has 0 spiro atoms. The van der Waals surface area contributed by atoms with Gasteiger partial charge in [-0.25, -0.2) is 9.79 Å². The van der Waals surface area contributed by atoms with Crippen molar-refractivity contribution in [3.05, 3.63) is 86.6 Å². The lowest BCUT2D eigenvalue weighted by Gasteiger charge is -1.96. The van der Waals surface area contributed by atoms with E-state index in [-0.39, 0.29) is 17.3 Å². The zero-order chi connectivity index (χ0) is 17.8. The molecular weight excluding hydrogens is 344 g/mol. The Bertz CT molecular complexity index is 948. The number of nitro benzene ring substituents is 1. The highest BCUT2D eigenvalue weighted by Gasteiger charge is 2.21. The van der Waals surface area contributed by atoms with Crippen molar-refractivity contribution in [1.29, 1.82) is 0 Å². The molecule has 0 bridgehead atoms. The molecule has 0 unspecified atom stereocenters. The highest BCUT2D eigenvalue weighted by atomic mass is 35.5. The van der Waals surface area contributed by atoms with Crippen LogP contribution in [-0.4, -0.2) is 16.8 Å². The molecule has 1 aliphatic rings. The average molecular weight is 355 g/mol. The molecule has 0 fully saturated rings. The second kappa shape index (κ2) is 7.11. The fourth-order valence-electron chi connectivity index (χ4n) is 2.15. The molecular formula is C18H11ClN2O4. The van der Waals surface area contributed by atoms with Crippen LogP contribution in [0.3, 0.4) is 0 Å². The first-order chi connectivity index (χ1) is 12.0. The maximum absolute atomic E-state index is 11.9. The first-order valence-corrected chi connectivity index (χ1v) is 7.60. The summed E-state index contributed by atoms with van der Waals surface area (Å²) in [6.45, 7) is 0. The van der Waals surface area contributed by atoms with Crippen LogP contribution in [0.1, 0.15) is 11.1 Å². The Morgan fingerprint density at radius 1 is 1.12 bits per heavy atom. The van der Waals surface area contributed by atoms with Crippen molar-refractivity contribution in [2.45, 2.75) is 0 Å². The van der Waals surface area contributed by atoms with Gasteiger partial charge in [0.2, 0.25) is 5.90 Å². The molecule has 0 aromatic heterocycles. The average Bonchev–Trinajstić information content (AvgIpc) is 2.95. The van der Waals surface area contributed by atoms with Crippen LogP contribution >= 0.6 is 11.6 Å². The molecule has 0 N–H and O–H groups in total. The molecule has 2 aromatic carbocycles. The molecule has 25 heavy (non-hydrogen) atoms. The summed E-state index contributed by atoms with van der Waals surface area (Å²) in [5, 5.41) is 11.3. The molecule has 6 nitrogen and oxygen atoms in total. The lowest BCUT2D eigenvalue weighted by molar-refractivity contribution is -0.384. The molecule has 124 valence electrons. The monoisotopic (exact) mass is 354 g/mol. The predicted molar refractivity (Wildman–Crippen MR) is 95.1 cm³/mol. The molecule has 1 aliphatic heterocycles. The van der Waals surface area contributed by atoms with Gasteiger partial charge in [0.05, 0.1) is 4.92 Å². The molecule has 1 heterocycles. The van der Waals surface area contributed by atoms with Crippen molar-refractivity contribution in [2.75, 3.05) is 0 Å². The van der Waals surface area contributed by atoms with E-state index < -0.39 is 10.9 Å². The fraction of sp³-hybridized carbons (Fsp3) is 0. The number of carbonyl (C=O) groups excluding carboxylic acids is 1. The smallest absolute Gasteiger partial charge is 0.363 e. The Kier molecular flexibility index (Phi) is 4.72. The summed E-state index contributed by atoms with van der Waals surface area (Å²) < 4.78 is 5.06. The third-order valence-electron chi connectivity index (χ3n) is 3.33. The number of cyclic esters (lactones) is 1. The molecule has 0 amide bonds. The number of rotatable bonds is 4. The summed E-state index contributed by atoms with van der Waals surface area (Å²) >= 11 is 6.05. The standard InChI is InChI=1S/C18H11ClN2O4/c19-15-7-2-1-5-13(15)11-16-18(22)25-17(20-16)9-8-12-4-3-6-14(10-12)21(23)24/h1-11H/b9-8+,16-11-. The van der Waals surface area contributed by atoms with E-state index >= 15 is 0 Å². The zero-order valence-electron chi connectivity index (χ0n) is 12.8. The molecule has 0 aliphatic carbocycles. The number of nitro groups is 1. The quantitative estimate of drug-likeness (QED) is 0.355. The summed E-state index contributed by atoms with van der Waals surface area (Å²) in [5.74, 6) is -0.478. The number of ether oxygens (including phenoxy) is 1. The second-order valence-corrected chi connectivity index (χ2v) is 5.48. The highest BCUT2D eigenvalue weighted by Crippen LogP contribution is 2.22. The largest absolute Gasteiger partial charge is 0.403 e. The molecule has 0 saturated carbocycles. The number of benzene rings is 2. The Hall–Kier alpha value is -3.25. The van der Waals surface area contributed by atoms with Crippen molar-refractivity contribution in [2.24, 2.45) is 4.99 Å². The second-order valence-electron chi connectivity index (χ2n) is 5.08. The van der Waals surface area contributed by atoms with E-state index in [1.54, 1.807) is 48.6 Å². The first-order valence-electron chi connectivity index (χ1n) is 7.22. The molecule has 2 aromatic rings. The van der Waals surface area contributed by atoms with E-state index in [1.807, 2.05) is 0 Å². The van der Waals surface area contributed by atoms with Gasteiger partial charge in [-0.3, -0.25) is 10.1 Å². The Balaban J connectivity index is 1.82. The number of carbonyl (C=O) groups is 1. The number of esters is 1. The lowest BCUT2D eigenvalue weighted by Crippen LogP contribution is -2.01. The molecule has 0 saturated heterocycles. The van der Waals surface area contributed by atoms with Gasteiger partial charge < -0.3 is 4.74 Å². The number of nitrogens with zero attached hydrogens (tertiary/aromatic N) is 2. The summed E-state index contributed by atoms with van der Waals surface area (Å²) in [7, 11) is 0. The molecule has 0 atom stereocenters.